The quantitative estimate of drug-likeness (QED) is 0.196. The molecule has 2 aliphatic rings. The maximum atomic E-state index is 11.7. The van der Waals surface area contributed by atoms with E-state index >= 15 is 0 Å². The van der Waals surface area contributed by atoms with Crippen molar-refractivity contribution in [1.82, 2.24) is 19.1 Å². The molecule has 2 aliphatic heterocycles. The third-order valence-electron chi connectivity index (χ3n) is 5.61. The van der Waals surface area contributed by atoms with Crippen molar-refractivity contribution in [1.29, 1.82) is 0 Å². The predicted molar refractivity (Wildman–Crippen MR) is 117 cm³/mol. The van der Waals surface area contributed by atoms with Crippen LogP contribution in [0.2, 0.25) is 0 Å². The molecular formula is C19H28N6O10. The fourth-order valence-electron chi connectivity index (χ4n) is 3.60. The van der Waals surface area contributed by atoms with Gasteiger partial charge in [0.15, 0.2) is 12.5 Å². The van der Waals surface area contributed by atoms with E-state index in [0.29, 0.717) is 5.56 Å². The zero-order chi connectivity index (χ0) is 26.0. The number of aliphatic hydroxyl groups is 6. The Balaban J connectivity index is 0.000000196. The Bertz CT molecular complexity index is 1140. The lowest BCUT2D eigenvalue weighted by Gasteiger charge is -2.17. The zero-order valence-electron chi connectivity index (χ0n) is 18.5. The highest BCUT2D eigenvalue weighted by molar-refractivity contribution is 5.35. The Morgan fingerprint density at radius 2 is 1.34 bits per heavy atom. The fourth-order valence-corrected chi connectivity index (χ4v) is 3.60. The van der Waals surface area contributed by atoms with Crippen LogP contribution in [0.5, 0.6) is 0 Å². The van der Waals surface area contributed by atoms with Gasteiger partial charge in [0, 0.05) is 18.0 Å². The molecule has 0 aromatic carbocycles. The third kappa shape index (κ3) is 5.34. The summed E-state index contributed by atoms with van der Waals surface area (Å²) in [4.78, 5) is 30.2. The zero-order valence-corrected chi connectivity index (χ0v) is 18.5. The number of hydrogen-bond acceptors (Lipinski definition) is 14. The van der Waals surface area contributed by atoms with Crippen LogP contribution in [0.4, 0.5) is 11.6 Å². The van der Waals surface area contributed by atoms with Crippen LogP contribution >= 0.6 is 0 Å². The fraction of sp³-hybridized carbons (Fsp3) is 0.579. The molecule has 2 aromatic rings. The van der Waals surface area contributed by atoms with Gasteiger partial charge in [-0.25, -0.2) is 9.59 Å². The summed E-state index contributed by atoms with van der Waals surface area (Å²) < 4.78 is 12.5. The van der Waals surface area contributed by atoms with Crippen molar-refractivity contribution in [2.24, 2.45) is 0 Å². The van der Waals surface area contributed by atoms with E-state index in [1.807, 2.05) is 0 Å². The van der Waals surface area contributed by atoms with E-state index in [1.54, 1.807) is 6.92 Å². The molecule has 0 aliphatic carbocycles. The van der Waals surface area contributed by atoms with Gasteiger partial charge in [0.25, 0.3) is 0 Å². The Kier molecular flexibility index (Phi) is 8.18. The van der Waals surface area contributed by atoms with Gasteiger partial charge in [0.05, 0.1) is 13.2 Å². The first-order chi connectivity index (χ1) is 16.5. The predicted octanol–water partition coefficient (Wildman–Crippen LogP) is -4.82. The van der Waals surface area contributed by atoms with Gasteiger partial charge < -0.3 is 51.6 Å². The summed E-state index contributed by atoms with van der Waals surface area (Å²) in [5.74, 6) is 0.154. The second kappa shape index (κ2) is 10.8. The first-order valence-corrected chi connectivity index (χ1v) is 10.4. The Labute approximate surface area is 197 Å². The minimum atomic E-state index is -1.32. The van der Waals surface area contributed by atoms with Gasteiger partial charge in [-0.05, 0) is 13.0 Å². The SMILES string of the molecule is Cc1cn([C@@H]2O[C@H](CO)[C@@H](O)[C@H]2O)c(=O)nc1N.Nc1ccn([C@@H]2O[C@H](CO)[C@@H](O)[C@H]2O)c(=O)n1. The van der Waals surface area contributed by atoms with E-state index in [4.69, 9.17) is 31.2 Å². The minimum Gasteiger partial charge on any atom is -0.394 e. The molecule has 8 atom stereocenters. The number of hydrogen-bond donors (Lipinski definition) is 8. The van der Waals surface area contributed by atoms with Crippen molar-refractivity contribution in [2.75, 3.05) is 24.7 Å². The molecule has 0 amide bonds. The van der Waals surface area contributed by atoms with Gasteiger partial charge in [-0.15, -0.1) is 0 Å². The second-order valence-electron chi connectivity index (χ2n) is 8.00. The van der Waals surface area contributed by atoms with E-state index in [-0.39, 0.29) is 11.6 Å². The summed E-state index contributed by atoms with van der Waals surface area (Å²) in [5, 5.41) is 56.5. The van der Waals surface area contributed by atoms with Crippen LogP contribution in [0, 0.1) is 6.92 Å². The molecule has 2 fully saturated rings. The first-order valence-electron chi connectivity index (χ1n) is 10.4. The number of aryl methyl sites for hydroxylation is 1. The molecule has 10 N–H and O–H groups in total. The normalized spacial score (nSPS) is 32.3. The van der Waals surface area contributed by atoms with E-state index in [1.165, 1.54) is 18.5 Å². The Morgan fingerprint density at radius 3 is 1.80 bits per heavy atom. The average Bonchev–Trinajstić information content (AvgIpc) is 3.26. The molecule has 0 bridgehead atoms. The molecule has 0 radical (unpaired) electrons. The van der Waals surface area contributed by atoms with Crippen molar-refractivity contribution >= 4 is 11.6 Å². The number of aromatic nitrogens is 4. The van der Waals surface area contributed by atoms with Crippen LogP contribution < -0.4 is 22.8 Å². The van der Waals surface area contributed by atoms with Crippen molar-refractivity contribution in [2.45, 2.75) is 56.0 Å². The van der Waals surface area contributed by atoms with E-state index in [2.05, 4.69) is 9.97 Å². The Morgan fingerprint density at radius 1 is 0.857 bits per heavy atom. The van der Waals surface area contributed by atoms with Gasteiger partial charge >= 0.3 is 11.4 Å². The molecular weight excluding hydrogens is 472 g/mol. The van der Waals surface area contributed by atoms with Gasteiger partial charge in [0.2, 0.25) is 0 Å². The molecule has 0 saturated carbocycles. The molecule has 4 heterocycles. The Hall–Kier alpha value is -2.96. The lowest BCUT2D eigenvalue weighted by molar-refractivity contribution is -0.0550. The summed E-state index contributed by atoms with van der Waals surface area (Å²) in [6, 6.07) is 1.37. The largest absolute Gasteiger partial charge is 0.394 e. The maximum Gasteiger partial charge on any atom is 0.351 e. The van der Waals surface area contributed by atoms with Gasteiger partial charge in [-0.3, -0.25) is 9.13 Å². The smallest absolute Gasteiger partial charge is 0.351 e. The number of ether oxygens (including phenoxy) is 2. The second-order valence-corrected chi connectivity index (χ2v) is 8.00. The van der Waals surface area contributed by atoms with E-state index in [9.17, 15) is 30.0 Å². The lowest BCUT2D eigenvalue weighted by Crippen LogP contribution is -2.36. The number of nitrogens with zero attached hydrogens (tertiary/aromatic N) is 4. The van der Waals surface area contributed by atoms with Crippen LogP contribution in [0.15, 0.2) is 28.0 Å². The number of anilines is 2. The molecule has 0 unspecified atom stereocenters. The summed E-state index contributed by atoms with van der Waals surface area (Å²) in [6.45, 7) is 0.746. The number of nitrogen functional groups attached to an aromatic ring is 2. The molecule has 2 aromatic heterocycles. The van der Waals surface area contributed by atoms with Gasteiger partial charge in [-0.1, -0.05) is 0 Å². The highest BCUT2D eigenvalue weighted by Crippen LogP contribution is 2.29. The summed E-state index contributed by atoms with van der Waals surface area (Å²) in [5.41, 5.74) is 9.98. The number of rotatable bonds is 4. The lowest BCUT2D eigenvalue weighted by atomic mass is 10.1. The molecule has 16 nitrogen and oxygen atoms in total. The van der Waals surface area contributed by atoms with Crippen LogP contribution in [-0.2, 0) is 9.47 Å². The minimum absolute atomic E-state index is 0.0537. The topological polar surface area (TPSA) is 262 Å². The van der Waals surface area contributed by atoms with Gasteiger partial charge in [-0.2, -0.15) is 9.97 Å². The number of nitrogens with two attached hydrogens (primary N) is 2. The summed E-state index contributed by atoms with van der Waals surface area (Å²) in [6.07, 6.45) is -6.47. The molecule has 4 rings (SSSR count). The van der Waals surface area contributed by atoms with Crippen molar-refractivity contribution in [3.05, 3.63) is 45.0 Å². The maximum absolute atomic E-state index is 11.7. The van der Waals surface area contributed by atoms with Crippen LogP contribution in [-0.4, -0.2) is 99.6 Å². The van der Waals surface area contributed by atoms with Gasteiger partial charge in [0.1, 0.15) is 48.3 Å². The summed E-state index contributed by atoms with van der Waals surface area (Å²) >= 11 is 0. The van der Waals surface area contributed by atoms with Crippen molar-refractivity contribution in [3.8, 4) is 0 Å². The summed E-state index contributed by atoms with van der Waals surface area (Å²) in [7, 11) is 0. The average molecular weight is 500 g/mol. The van der Waals surface area contributed by atoms with Crippen LogP contribution in [0.1, 0.15) is 18.0 Å². The van der Waals surface area contributed by atoms with E-state index < -0.39 is 73.7 Å². The first kappa shape index (κ1) is 26.6. The van der Waals surface area contributed by atoms with Crippen molar-refractivity contribution < 1.29 is 40.1 Å². The highest BCUT2D eigenvalue weighted by Gasteiger charge is 2.44. The third-order valence-corrected chi connectivity index (χ3v) is 5.61. The molecule has 16 heteroatoms. The van der Waals surface area contributed by atoms with Crippen LogP contribution in [0.3, 0.4) is 0 Å². The molecule has 2 saturated heterocycles. The molecule has 194 valence electrons. The van der Waals surface area contributed by atoms with E-state index in [0.717, 1.165) is 9.13 Å². The van der Waals surface area contributed by atoms with Crippen molar-refractivity contribution in [3.63, 3.8) is 0 Å². The highest BCUT2D eigenvalue weighted by atomic mass is 16.6. The standard InChI is InChI=1S/C10H15N3O5.C9H13N3O5/c1-4-2-13(10(17)12-8(4)11)9-7(16)6(15)5(3-14)18-9;10-5-1-2-12(9(16)11-5)8-7(15)6(14)4(3-13)17-8/h2,5-7,9,14-16H,3H2,1H3,(H2,11,12,17);1-2,4,6-8,13-15H,3H2,(H2,10,11,16)/t5-,6-,7-,9-;4-,6-,7-,8-/m11/s1. The molecule has 35 heavy (non-hydrogen) atoms. The monoisotopic (exact) mass is 500 g/mol. The van der Waals surface area contributed by atoms with Crippen LogP contribution in [0.25, 0.3) is 0 Å². The molecule has 0 spiro atoms. The number of aliphatic hydroxyl groups excluding tert-OH is 6.